The third-order valence-electron chi connectivity index (χ3n) is 4.76. The van der Waals surface area contributed by atoms with E-state index in [9.17, 15) is 14.0 Å². The number of aryl methyl sites for hydroxylation is 1. The summed E-state index contributed by atoms with van der Waals surface area (Å²) in [6, 6.07) is 20.2. The molecule has 0 unspecified atom stereocenters. The lowest BCUT2D eigenvalue weighted by atomic mass is 10.2. The monoisotopic (exact) mass is 478 g/mol. The van der Waals surface area contributed by atoms with Crippen molar-refractivity contribution >= 4 is 57.6 Å². The topological polar surface area (TPSA) is 58.6 Å². The predicted octanol–water partition coefficient (Wildman–Crippen LogP) is 5.56. The number of rotatable bonds is 6. The molecule has 1 aliphatic heterocycles. The van der Waals surface area contributed by atoms with Crippen molar-refractivity contribution in [2.24, 2.45) is 0 Å². The van der Waals surface area contributed by atoms with Gasteiger partial charge in [0, 0.05) is 5.69 Å². The molecule has 5 nitrogen and oxygen atoms in total. The molecule has 4 rings (SSSR count). The second kappa shape index (κ2) is 9.97. The second-order valence-electron chi connectivity index (χ2n) is 7.27. The summed E-state index contributed by atoms with van der Waals surface area (Å²) in [6.45, 7) is 1.80. The fraction of sp³-hybridized carbons (Fsp3) is 0.0800. The van der Waals surface area contributed by atoms with Crippen LogP contribution in [0.3, 0.4) is 0 Å². The first-order valence-corrected chi connectivity index (χ1v) is 11.2. The van der Waals surface area contributed by atoms with Gasteiger partial charge in [0.05, 0.1) is 10.6 Å². The third-order valence-corrected chi connectivity index (χ3v) is 6.06. The number of ether oxygens (including phenoxy) is 1. The van der Waals surface area contributed by atoms with Crippen LogP contribution in [0.1, 0.15) is 11.1 Å². The summed E-state index contributed by atoms with van der Waals surface area (Å²) in [4.78, 5) is 26.9. The number of nitrogens with one attached hydrogen (secondary N) is 1. The van der Waals surface area contributed by atoms with E-state index in [4.69, 9.17) is 17.0 Å². The molecule has 1 heterocycles. The zero-order chi connectivity index (χ0) is 23.4. The van der Waals surface area contributed by atoms with E-state index in [1.807, 2.05) is 31.2 Å². The molecule has 0 aliphatic carbocycles. The molecule has 0 spiro atoms. The van der Waals surface area contributed by atoms with Crippen molar-refractivity contribution < 1.29 is 18.7 Å². The fourth-order valence-electron chi connectivity index (χ4n) is 3.07. The maximum Gasteiger partial charge on any atom is 0.270 e. The molecule has 0 atom stereocenters. The molecular formula is C25H19FN2O3S2. The molecule has 0 aromatic heterocycles. The van der Waals surface area contributed by atoms with Gasteiger partial charge in [-0.05, 0) is 67.1 Å². The number of amides is 2. The molecule has 166 valence electrons. The van der Waals surface area contributed by atoms with Gasteiger partial charge in [-0.1, -0.05) is 53.8 Å². The molecule has 1 fully saturated rings. The molecule has 3 aromatic rings. The number of anilines is 2. The number of hydrogen-bond acceptors (Lipinski definition) is 5. The first-order valence-electron chi connectivity index (χ1n) is 10.0. The van der Waals surface area contributed by atoms with Crippen molar-refractivity contribution in [1.29, 1.82) is 0 Å². The molecule has 2 amide bonds. The number of nitrogens with zero attached hydrogens (tertiary/aromatic N) is 1. The van der Waals surface area contributed by atoms with Gasteiger partial charge in [0.25, 0.3) is 11.8 Å². The number of thiocarbonyl (C=S) groups is 1. The van der Waals surface area contributed by atoms with Crippen molar-refractivity contribution in [3.8, 4) is 5.75 Å². The van der Waals surface area contributed by atoms with Gasteiger partial charge in [0.2, 0.25) is 0 Å². The van der Waals surface area contributed by atoms with Crippen LogP contribution in [0.5, 0.6) is 5.75 Å². The van der Waals surface area contributed by atoms with Crippen LogP contribution >= 0.6 is 24.0 Å². The Labute approximate surface area is 200 Å². The lowest BCUT2D eigenvalue weighted by Crippen LogP contribution is -2.27. The van der Waals surface area contributed by atoms with E-state index in [1.54, 1.807) is 30.3 Å². The van der Waals surface area contributed by atoms with E-state index in [1.165, 1.54) is 40.9 Å². The van der Waals surface area contributed by atoms with E-state index in [0.29, 0.717) is 20.7 Å². The van der Waals surface area contributed by atoms with E-state index >= 15 is 0 Å². The summed E-state index contributed by atoms with van der Waals surface area (Å²) in [5.41, 5.74) is 3.15. The van der Waals surface area contributed by atoms with Gasteiger partial charge in [-0.15, -0.1) is 0 Å². The Balaban J connectivity index is 1.36. The van der Waals surface area contributed by atoms with Crippen molar-refractivity contribution in [2.75, 3.05) is 16.8 Å². The summed E-state index contributed by atoms with van der Waals surface area (Å²) in [7, 11) is 0. The summed E-state index contributed by atoms with van der Waals surface area (Å²) in [6.07, 6.45) is 1.78. The number of benzene rings is 3. The fourth-order valence-corrected chi connectivity index (χ4v) is 4.37. The third kappa shape index (κ3) is 5.66. The van der Waals surface area contributed by atoms with Gasteiger partial charge in [-0.2, -0.15) is 0 Å². The number of carbonyl (C=O) groups excluding carboxylic acids is 2. The Morgan fingerprint density at radius 2 is 1.73 bits per heavy atom. The summed E-state index contributed by atoms with van der Waals surface area (Å²) < 4.78 is 18.9. The van der Waals surface area contributed by atoms with Gasteiger partial charge in [-0.3, -0.25) is 14.5 Å². The molecule has 1 aliphatic rings. The quantitative estimate of drug-likeness (QED) is 0.371. The van der Waals surface area contributed by atoms with Crippen LogP contribution in [-0.4, -0.2) is 22.7 Å². The highest BCUT2D eigenvalue weighted by Crippen LogP contribution is 2.36. The maximum absolute atomic E-state index is 12.9. The van der Waals surface area contributed by atoms with Crippen LogP contribution in [0.2, 0.25) is 0 Å². The standard InChI is InChI=1S/C25H19FN2O3S2/c1-16-2-10-20(11-3-16)28-24(30)22(33-25(28)32)14-17-4-12-21(13-5-17)31-15-23(29)27-19-8-6-18(26)7-9-19/h2-14H,15H2,1H3,(H,27,29)/b22-14-. The zero-order valence-corrected chi connectivity index (χ0v) is 19.2. The van der Waals surface area contributed by atoms with E-state index < -0.39 is 0 Å². The minimum absolute atomic E-state index is 0.161. The van der Waals surface area contributed by atoms with Crippen LogP contribution in [0, 0.1) is 12.7 Å². The van der Waals surface area contributed by atoms with Crippen LogP contribution in [0.25, 0.3) is 6.08 Å². The highest BCUT2D eigenvalue weighted by Gasteiger charge is 2.33. The Hall–Kier alpha value is -3.49. The Bertz CT molecular complexity index is 1220. The zero-order valence-electron chi connectivity index (χ0n) is 17.6. The number of hydrogen-bond donors (Lipinski definition) is 1. The minimum atomic E-state index is -0.373. The average molecular weight is 479 g/mol. The predicted molar refractivity (Wildman–Crippen MR) is 134 cm³/mol. The summed E-state index contributed by atoms with van der Waals surface area (Å²) in [5, 5.41) is 2.63. The van der Waals surface area contributed by atoms with Crippen LogP contribution in [-0.2, 0) is 9.59 Å². The first-order chi connectivity index (χ1) is 15.9. The normalized spacial score (nSPS) is 14.6. The molecule has 0 saturated carbocycles. The van der Waals surface area contributed by atoms with E-state index in [-0.39, 0.29) is 24.2 Å². The van der Waals surface area contributed by atoms with E-state index in [2.05, 4.69) is 5.32 Å². The van der Waals surface area contributed by atoms with Gasteiger partial charge >= 0.3 is 0 Å². The molecule has 33 heavy (non-hydrogen) atoms. The largest absolute Gasteiger partial charge is 0.484 e. The maximum atomic E-state index is 12.9. The lowest BCUT2D eigenvalue weighted by molar-refractivity contribution is -0.118. The average Bonchev–Trinajstić information content (AvgIpc) is 3.08. The van der Waals surface area contributed by atoms with Crippen molar-refractivity contribution in [3.63, 3.8) is 0 Å². The lowest BCUT2D eigenvalue weighted by Gasteiger charge is -2.14. The Morgan fingerprint density at radius 1 is 1.06 bits per heavy atom. The SMILES string of the molecule is Cc1ccc(N2C(=O)/C(=C/c3ccc(OCC(=O)Nc4ccc(F)cc4)cc3)SC2=S)cc1. The molecule has 3 aromatic carbocycles. The van der Waals surface area contributed by atoms with Gasteiger partial charge in [0.15, 0.2) is 10.9 Å². The first kappa shape index (κ1) is 22.7. The number of carbonyl (C=O) groups is 2. The molecule has 1 saturated heterocycles. The van der Waals surface area contributed by atoms with Crippen LogP contribution in [0.15, 0.2) is 77.7 Å². The Morgan fingerprint density at radius 3 is 2.39 bits per heavy atom. The molecular weight excluding hydrogens is 459 g/mol. The molecule has 8 heteroatoms. The van der Waals surface area contributed by atoms with Crippen molar-refractivity contribution in [1.82, 2.24) is 0 Å². The smallest absolute Gasteiger partial charge is 0.270 e. The van der Waals surface area contributed by atoms with Crippen molar-refractivity contribution in [3.05, 3.63) is 94.6 Å². The Kier molecular flexibility index (Phi) is 6.86. The summed E-state index contributed by atoms with van der Waals surface area (Å²) >= 11 is 6.67. The van der Waals surface area contributed by atoms with Gasteiger partial charge < -0.3 is 10.1 Å². The second-order valence-corrected chi connectivity index (χ2v) is 8.94. The molecule has 1 N–H and O–H groups in total. The molecule has 0 radical (unpaired) electrons. The van der Waals surface area contributed by atoms with Crippen LogP contribution < -0.4 is 15.0 Å². The number of thioether (sulfide) groups is 1. The van der Waals surface area contributed by atoms with Crippen molar-refractivity contribution in [2.45, 2.75) is 6.92 Å². The molecule has 0 bridgehead atoms. The minimum Gasteiger partial charge on any atom is -0.484 e. The van der Waals surface area contributed by atoms with E-state index in [0.717, 1.165) is 16.8 Å². The van der Waals surface area contributed by atoms with Gasteiger partial charge in [0.1, 0.15) is 11.6 Å². The summed E-state index contributed by atoms with van der Waals surface area (Å²) in [5.74, 6) is -0.382. The highest BCUT2D eigenvalue weighted by atomic mass is 32.2. The highest BCUT2D eigenvalue weighted by molar-refractivity contribution is 8.27. The van der Waals surface area contributed by atoms with Crippen LogP contribution in [0.4, 0.5) is 15.8 Å². The van der Waals surface area contributed by atoms with Gasteiger partial charge in [-0.25, -0.2) is 4.39 Å². The number of halogens is 1.